The minimum atomic E-state index is 1.15. The van der Waals surface area contributed by atoms with Crippen molar-refractivity contribution in [3.63, 3.8) is 0 Å². The predicted molar refractivity (Wildman–Crippen MR) is 81.2 cm³/mol. The maximum atomic E-state index is 4.46. The summed E-state index contributed by atoms with van der Waals surface area (Å²) in [7, 11) is 6.18. The van der Waals surface area contributed by atoms with Crippen LogP contribution in [0.3, 0.4) is 0 Å². The lowest BCUT2D eigenvalue weighted by molar-refractivity contribution is -0.660. The standard InChI is InChI=1S/C17H20N4/c1-13-14(16-7-5-6-8-19(16)2)11-18-12-15(13)17-20(3)9-10-21(17)4/h5-12H,1-4H3/q+2. The maximum absolute atomic E-state index is 4.46. The molecule has 3 heterocycles. The third kappa shape index (κ3) is 2.23. The van der Waals surface area contributed by atoms with Crippen LogP contribution >= 0.6 is 0 Å². The van der Waals surface area contributed by atoms with Crippen molar-refractivity contribution < 1.29 is 9.13 Å². The van der Waals surface area contributed by atoms with Gasteiger partial charge in [0.15, 0.2) is 6.20 Å². The molecule has 0 aliphatic heterocycles. The van der Waals surface area contributed by atoms with E-state index in [1.54, 1.807) is 0 Å². The Kier molecular flexibility index (Phi) is 3.29. The summed E-state index contributed by atoms with van der Waals surface area (Å²) in [6.45, 7) is 2.16. The van der Waals surface area contributed by atoms with Crippen LogP contribution in [-0.4, -0.2) is 9.55 Å². The molecule has 3 aromatic heterocycles. The van der Waals surface area contributed by atoms with Crippen LogP contribution in [0, 0.1) is 6.92 Å². The molecule has 0 amide bonds. The molecule has 0 N–H and O–H groups in total. The number of hydrogen-bond donors (Lipinski definition) is 0. The zero-order valence-corrected chi connectivity index (χ0v) is 12.9. The van der Waals surface area contributed by atoms with Crippen LogP contribution in [0.4, 0.5) is 0 Å². The van der Waals surface area contributed by atoms with Gasteiger partial charge in [0.25, 0.3) is 5.82 Å². The van der Waals surface area contributed by atoms with Crippen molar-refractivity contribution >= 4 is 0 Å². The number of aryl methyl sites for hydroxylation is 3. The smallest absolute Gasteiger partial charge is 0.263 e. The molecule has 0 spiro atoms. The van der Waals surface area contributed by atoms with E-state index in [1.165, 1.54) is 11.3 Å². The Morgan fingerprint density at radius 1 is 1.00 bits per heavy atom. The van der Waals surface area contributed by atoms with E-state index in [4.69, 9.17) is 0 Å². The van der Waals surface area contributed by atoms with E-state index in [0.717, 1.165) is 17.0 Å². The van der Waals surface area contributed by atoms with Crippen molar-refractivity contribution in [2.24, 2.45) is 21.1 Å². The van der Waals surface area contributed by atoms with Gasteiger partial charge in [-0.15, -0.1) is 0 Å². The Balaban J connectivity index is 2.24. The van der Waals surface area contributed by atoms with Crippen molar-refractivity contribution in [1.29, 1.82) is 0 Å². The summed E-state index contributed by atoms with van der Waals surface area (Å²) in [5, 5.41) is 0. The van der Waals surface area contributed by atoms with Gasteiger partial charge in [0.1, 0.15) is 19.4 Å². The minimum absolute atomic E-state index is 1.15. The molecule has 0 bridgehead atoms. The summed E-state index contributed by atoms with van der Waals surface area (Å²) in [4.78, 5) is 4.46. The fraction of sp³-hybridized carbons (Fsp3) is 0.235. The van der Waals surface area contributed by atoms with Gasteiger partial charge in [-0.1, -0.05) is 0 Å². The van der Waals surface area contributed by atoms with Gasteiger partial charge >= 0.3 is 0 Å². The highest BCUT2D eigenvalue weighted by molar-refractivity contribution is 5.70. The molecule has 0 aliphatic carbocycles. The Bertz CT molecular complexity index is 783. The average molecular weight is 280 g/mol. The molecule has 0 fully saturated rings. The summed E-state index contributed by atoms with van der Waals surface area (Å²) in [6, 6.07) is 6.22. The summed E-state index contributed by atoms with van der Waals surface area (Å²) in [6.07, 6.45) is 10.1. The number of aromatic nitrogens is 4. The highest BCUT2D eigenvalue weighted by atomic mass is 15.1. The Morgan fingerprint density at radius 3 is 2.43 bits per heavy atom. The Labute approximate surface area is 125 Å². The number of hydrogen-bond acceptors (Lipinski definition) is 1. The summed E-state index contributed by atoms with van der Waals surface area (Å²) >= 11 is 0. The van der Waals surface area contributed by atoms with Crippen molar-refractivity contribution in [2.45, 2.75) is 6.92 Å². The second-order valence-electron chi connectivity index (χ2n) is 5.40. The van der Waals surface area contributed by atoms with Gasteiger partial charge in [-0.05, 0) is 18.6 Å². The largest absolute Gasteiger partial charge is 0.290 e. The fourth-order valence-electron chi connectivity index (χ4n) is 2.78. The molecule has 0 aromatic carbocycles. The Morgan fingerprint density at radius 2 is 1.76 bits per heavy atom. The molecule has 0 unspecified atom stereocenters. The lowest BCUT2D eigenvalue weighted by Crippen LogP contribution is -2.31. The van der Waals surface area contributed by atoms with E-state index < -0.39 is 0 Å². The quantitative estimate of drug-likeness (QED) is 0.656. The third-order valence-corrected chi connectivity index (χ3v) is 3.97. The van der Waals surface area contributed by atoms with Crippen LogP contribution in [0.2, 0.25) is 0 Å². The molecular weight excluding hydrogens is 260 g/mol. The molecule has 4 heteroatoms. The van der Waals surface area contributed by atoms with Gasteiger partial charge in [-0.3, -0.25) is 4.98 Å². The number of pyridine rings is 2. The monoisotopic (exact) mass is 280 g/mol. The summed E-state index contributed by atoms with van der Waals surface area (Å²) < 4.78 is 6.37. The molecule has 3 rings (SSSR count). The zero-order valence-electron chi connectivity index (χ0n) is 12.9. The lowest BCUT2D eigenvalue weighted by atomic mass is 10.0. The van der Waals surface area contributed by atoms with Crippen LogP contribution in [0.5, 0.6) is 0 Å². The van der Waals surface area contributed by atoms with Gasteiger partial charge in [0.2, 0.25) is 5.69 Å². The highest BCUT2D eigenvalue weighted by Gasteiger charge is 2.21. The molecular formula is C17H20N4+2. The first-order valence-corrected chi connectivity index (χ1v) is 7.00. The first-order valence-electron chi connectivity index (χ1n) is 7.00. The van der Waals surface area contributed by atoms with Gasteiger partial charge in [0.05, 0.1) is 25.2 Å². The molecule has 106 valence electrons. The molecule has 0 radical (unpaired) electrons. The zero-order chi connectivity index (χ0) is 15.0. The lowest BCUT2D eigenvalue weighted by Gasteiger charge is -2.08. The highest BCUT2D eigenvalue weighted by Crippen LogP contribution is 2.27. The van der Waals surface area contributed by atoms with Gasteiger partial charge in [-0.25, -0.2) is 13.7 Å². The topological polar surface area (TPSA) is 25.6 Å². The Hall–Kier alpha value is -2.49. The summed E-state index contributed by atoms with van der Waals surface area (Å²) in [5.74, 6) is 1.15. The first-order chi connectivity index (χ1) is 10.1. The van der Waals surface area contributed by atoms with Crippen molar-refractivity contribution in [3.05, 3.63) is 54.7 Å². The molecule has 21 heavy (non-hydrogen) atoms. The van der Waals surface area contributed by atoms with Crippen molar-refractivity contribution in [3.8, 4) is 22.6 Å². The van der Waals surface area contributed by atoms with E-state index in [2.05, 4.69) is 77.5 Å². The van der Waals surface area contributed by atoms with Crippen molar-refractivity contribution in [1.82, 2.24) is 9.55 Å². The molecule has 0 saturated heterocycles. The van der Waals surface area contributed by atoms with Crippen LogP contribution < -0.4 is 9.13 Å². The second kappa shape index (κ2) is 5.13. The van der Waals surface area contributed by atoms with Crippen LogP contribution in [0.25, 0.3) is 22.6 Å². The molecule has 4 nitrogen and oxygen atoms in total. The van der Waals surface area contributed by atoms with Gasteiger partial charge < -0.3 is 0 Å². The van der Waals surface area contributed by atoms with E-state index in [-0.39, 0.29) is 0 Å². The molecule has 0 aliphatic rings. The second-order valence-corrected chi connectivity index (χ2v) is 5.40. The van der Waals surface area contributed by atoms with Crippen molar-refractivity contribution in [2.75, 3.05) is 0 Å². The molecule has 0 saturated carbocycles. The average Bonchev–Trinajstić information content (AvgIpc) is 2.80. The first kappa shape index (κ1) is 13.5. The summed E-state index contributed by atoms with van der Waals surface area (Å²) in [5.41, 5.74) is 4.73. The SMILES string of the molecule is Cc1c(-c2cccc[n+]2C)cncc1-c1n(C)cc[n+]1C. The number of imidazole rings is 1. The van der Waals surface area contributed by atoms with E-state index in [1.807, 2.05) is 18.5 Å². The van der Waals surface area contributed by atoms with E-state index in [9.17, 15) is 0 Å². The van der Waals surface area contributed by atoms with Crippen LogP contribution in [0.15, 0.2) is 49.2 Å². The van der Waals surface area contributed by atoms with Gasteiger partial charge in [0, 0.05) is 24.5 Å². The minimum Gasteiger partial charge on any atom is -0.263 e. The third-order valence-electron chi connectivity index (χ3n) is 3.97. The van der Waals surface area contributed by atoms with Gasteiger partial charge in [-0.2, -0.15) is 0 Å². The van der Waals surface area contributed by atoms with Crippen LogP contribution in [0.1, 0.15) is 5.56 Å². The van der Waals surface area contributed by atoms with E-state index in [0.29, 0.717) is 0 Å². The van der Waals surface area contributed by atoms with E-state index >= 15 is 0 Å². The fourth-order valence-corrected chi connectivity index (χ4v) is 2.78. The normalized spacial score (nSPS) is 10.9. The number of nitrogens with zero attached hydrogens (tertiary/aromatic N) is 4. The molecule has 3 aromatic rings. The molecule has 0 atom stereocenters. The number of rotatable bonds is 2. The predicted octanol–water partition coefficient (Wildman–Crippen LogP) is 1.71. The van der Waals surface area contributed by atoms with Crippen LogP contribution in [-0.2, 0) is 21.1 Å². The maximum Gasteiger partial charge on any atom is 0.290 e.